The van der Waals surface area contributed by atoms with Crippen LogP contribution >= 0.6 is 15.9 Å². The zero-order valence-corrected chi connectivity index (χ0v) is 12.8. The first-order valence-corrected chi connectivity index (χ1v) is 8.08. The highest BCUT2D eigenvalue weighted by Crippen LogP contribution is 2.28. The molecule has 1 aliphatic rings. The number of hydrogen-bond acceptors (Lipinski definition) is 4. The van der Waals surface area contributed by atoms with Crippen molar-refractivity contribution in [2.75, 3.05) is 20.2 Å². The van der Waals surface area contributed by atoms with Crippen molar-refractivity contribution in [3.05, 3.63) is 28.2 Å². The molecule has 0 bridgehead atoms. The van der Waals surface area contributed by atoms with Crippen molar-refractivity contribution >= 4 is 31.9 Å². The molecule has 0 saturated carbocycles. The van der Waals surface area contributed by atoms with E-state index in [1.165, 1.54) is 23.5 Å². The third-order valence-electron chi connectivity index (χ3n) is 3.04. The Hall–Kier alpha value is -0.920. The maximum absolute atomic E-state index is 12.5. The van der Waals surface area contributed by atoms with Gasteiger partial charge in [0, 0.05) is 17.6 Å². The van der Waals surface area contributed by atoms with Gasteiger partial charge in [-0.3, -0.25) is 0 Å². The highest BCUT2D eigenvalue weighted by Gasteiger charge is 2.29. The lowest BCUT2D eigenvalue weighted by Crippen LogP contribution is -2.28. The Balaban J connectivity index is 2.46. The molecule has 19 heavy (non-hydrogen) atoms. The Morgan fingerprint density at radius 2 is 1.95 bits per heavy atom. The van der Waals surface area contributed by atoms with Crippen molar-refractivity contribution < 1.29 is 17.9 Å². The summed E-state index contributed by atoms with van der Waals surface area (Å²) in [7, 11) is -2.29. The van der Waals surface area contributed by atoms with Crippen LogP contribution in [-0.2, 0) is 14.8 Å². The van der Waals surface area contributed by atoms with Gasteiger partial charge in [0.1, 0.15) is 0 Å². The Morgan fingerprint density at radius 3 is 2.53 bits per heavy atom. The number of methoxy groups -OCH3 is 1. The number of hydrogen-bond donors (Lipinski definition) is 0. The molecule has 0 aliphatic carbocycles. The van der Waals surface area contributed by atoms with Crippen LogP contribution in [-0.4, -0.2) is 38.9 Å². The van der Waals surface area contributed by atoms with Gasteiger partial charge in [-0.2, -0.15) is 4.31 Å². The first kappa shape index (κ1) is 14.5. The molecule has 0 atom stereocenters. The smallest absolute Gasteiger partial charge is 0.337 e. The van der Waals surface area contributed by atoms with Crippen LogP contribution in [0.15, 0.2) is 27.6 Å². The molecule has 1 fully saturated rings. The normalized spacial score (nSPS) is 16.5. The van der Waals surface area contributed by atoms with Crippen LogP contribution in [0.25, 0.3) is 0 Å². The molecule has 0 aromatic heterocycles. The van der Waals surface area contributed by atoms with Crippen molar-refractivity contribution in [2.45, 2.75) is 17.7 Å². The third kappa shape index (κ3) is 2.82. The van der Waals surface area contributed by atoms with Gasteiger partial charge in [-0.05, 0) is 47.0 Å². The summed E-state index contributed by atoms with van der Waals surface area (Å²) >= 11 is 3.23. The topological polar surface area (TPSA) is 63.7 Å². The van der Waals surface area contributed by atoms with Crippen molar-refractivity contribution in [1.29, 1.82) is 0 Å². The van der Waals surface area contributed by atoms with Gasteiger partial charge in [-0.1, -0.05) is 0 Å². The zero-order chi connectivity index (χ0) is 14.0. The molecule has 0 N–H and O–H groups in total. The van der Waals surface area contributed by atoms with Crippen molar-refractivity contribution in [3.63, 3.8) is 0 Å². The van der Waals surface area contributed by atoms with E-state index in [4.69, 9.17) is 0 Å². The lowest BCUT2D eigenvalue weighted by molar-refractivity contribution is 0.0600. The van der Waals surface area contributed by atoms with Gasteiger partial charge in [0.25, 0.3) is 0 Å². The van der Waals surface area contributed by atoms with E-state index < -0.39 is 16.0 Å². The summed E-state index contributed by atoms with van der Waals surface area (Å²) in [5.41, 5.74) is 0.225. The molecule has 7 heteroatoms. The van der Waals surface area contributed by atoms with Crippen LogP contribution in [0.2, 0.25) is 0 Å². The maximum atomic E-state index is 12.5. The molecule has 104 valence electrons. The largest absolute Gasteiger partial charge is 0.465 e. The SMILES string of the molecule is COC(=O)c1ccc(Br)c(S(=O)(=O)N2CCCC2)c1. The van der Waals surface area contributed by atoms with E-state index in [-0.39, 0.29) is 10.5 Å². The average molecular weight is 348 g/mol. The second kappa shape index (κ2) is 5.60. The average Bonchev–Trinajstić information content (AvgIpc) is 2.92. The number of rotatable bonds is 3. The van der Waals surface area contributed by atoms with Crippen LogP contribution in [0, 0.1) is 0 Å². The standard InChI is InChI=1S/C12H14BrNO4S/c1-18-12(15)9-4-5-10(13)11(8-9)19(16,17)14-6-2-3-7-14/h4-5,8H,2-3,6-7H2,1H3. The third-order valence-corrected chi connectivity index (χ3v) is 5.93. The van der Waals surface area contributed by atoms with E-state index in [9.17, 15) is 13.2 Å². The van der Waals surface area contributed by atoms with Crippen molar-refractivity contribution in [3.8, 4) is 0 Å². The van der Waals surface area contributed by atoms with Crippen molar-refractivity contribution in [2.24, 2.45) is 0 Å². The molecule has 0 unspecified atom stereocenters. The number of carbonyl (C=O) groups excluding carboxylic acids is 1. The molecule has 2 rings (SSSR count). The molecule has 1 aliphatic heterocycles. The maximum Gasteiger partial charge on any atom is 0.337 e. The monoisotopic (exact) mass is 347 g/mol. The summed E-state index contributed by atoms with van der Waals surface area (Å²) < 4.78 is 31.4. The number of esters is 1. The summed E-state index contributed by atoms with van der Waals surface area (Å²) in [6.07, 6.45) is 1.74. The Labute approximate surface area is 120 Å². The fraction of sp³-hybridized carbons (Fsp3) is 0.417. The Kier molecular flexibility index (Phi) is 4.27. The van der Waals surface area contributed by atoms with Gasteiger partial charge in [0.15, 0.2) is 0 Å². The molecule has 1 aromatic rings. The van der Waals surface area contributed by atoms with Crippen molar-refractivity contribution in [1.82, 2.24) is 4.31 Å². The van der Waals surface area contributed by atoms with E-state index in [0.717, 1.165) is 12.8 Å². The molecular weight excluding hydrogens is 334 g/mol. The quantitative estimate of drug-likeness (QED) is 0.784. The van der Waals surface area contributed by atoms with Gasteiger partial charge < -0.3 is 4.74 Å². The summed E-state index contributed by atoms with van der Waals surface area (Å²) in [5.74, 6) is -0.551. The fourth-order valence-electron chi connectivity index (χ4n) is 2.01. The Bertz CT molecular complexity index is 594. The lowest BCUT2D eigenvalue weighted by Gasteiger charge is -2.17. The minimum Gasteiger partial charge on any atom is -0.465 e. The van der Waals surface area contributed by atoms with E-state index in [1.807, 2.05) is 0 Å². The van der Waals surface area contributed by atoms with Gasteiger partial charge in [-0.25, -0.2) is 13.2 Å². The highest BCUT2D eigenvalue weighted by molar-refractivity contribution is 9.10. The van der Waals surface area contributed by atoms with E-state index >= 15 is 0 Å². The van der Waals surface area contributed by atoms with Gasteiger partial charge >= 0.3 is 5.97 Å². The molecule has 1 saturated heterocycles. The van der Waals surface area contributed by atoms with Crippen LogP contribution in [0.1, 0.15) is 23.2 Å². The molecule has 0 spiro atoms. The molecule has 0 radical (unpaired) electrons. The summed E-state index contributed by atoms with van der Waals surface area (Å²) in [5, 5.41) is 0. The summed E-state index contributed by atoms with van der Waals surface area (Å²) in [6, 6.07) is 4.43. The number of halogens is 1. The molecular formula is C12H14BrNO4S. The molecule has 5 nitrogen and oxygen atoms in total. The first-order chi connectivity index (χ1) is 8.96. The van der Waals surface area contributed by atoms with E-state index in [0.29, 0.717) is 17.6 Å². The summed E-state index contributed by atoms with van der Waals surface area (Å²) in [6.45, 7) is 1.05. The number of benzene rings is 1. The predicted molar refractivity (Wildman–Crippen MR) is 73.5 cm³/mol. The minimum absolute atomic E-state index is 0.109. The van der Waals surface area contributed by atoms with Gasteiger partial charge in [-0.15, -0.1) is 0 Å². The number of ether oxygens (including phenoxy) is 1. The first-order valence-electron chi connectivity index (χ1n) is 5.85. The predicted octanol–water partition coefficient (Wildman–Crippen LogP) is 2.02. The van der Waals surface area contributed by atoms with Crippen LogP contribution in [0.5, 0.6) is 0 Å². The molecule has 1 aromatic carbocycles. The molecule has 0 amide bonds. The molecule has 1 heterocycles. The van der Waals surface area contributed by atoms with Crippen LogP contribution in [0.3, 0.4) is 0 Å². The number of nitrogens with zero attached hydrogens (tertiary/aromatic N) is 1. The van der Waals surface area contributed by atoms with Gasteiger partial charge in [0.2, 0.25) is 10.0 Å². The van der Waals surface area contributed by atoms with Gasteiger partial charge in [0.05, 0.1) is 17.6 Å². The highest BCUT2D eigenvalue weighted by atomic mass is 79.9. The minimum atomic E-state index is -3.55. The second-order valence-corrected chi connectivity index (χ2v) is 7.01. The number of sulfonamides is 1. The zero-order valence-electron chi connectivity index (χ0n) is 10.4. The van der Waals surface area contributed by atoms with E-state index in [2.05, 4.69) is 20.7 Å². The Morgan fingerprint density at radius 1 is 1.32 bits per heavy atom. The number of carbonyl (C=O) groups is 1. The summed E-state index contributed by atoms with van der Waals surface area (Å²) in [4.78, 5) is 11.6. The van der Waals surface area contributed by atoms with Crippen LogP contribution < -0.4 is 0 Å². The van der Waals surface area contributed by atoms with Crippen LogP contribution in [0.4, 0.5) is 0 Å². The van der Waals surface area contributed by atoms with E-state index in [1.54, 1.807) is 6.07 Å². The lowest BCUT2D eigenvalue weighted by atomic mass is 10.2. The second-order valence-electron chi connectivity index (χ2n) is 4.25. The fourth-order valence-corrected chi connectivity index (χ4v) is 4.48.